The van der Waals surface area contributed by atoms with Crippen LogP contribution in [0.2, 0.25) is 0 Å². The third kappa shape index (κ3) is 5.80. The predicted octanol–water partition coefficient (Wildman–Crippen LogP) is 1.89. The van der Waals surface area contributed by atoms with Crippen molar-refractivity contribution >= 4 is 27.5 Å². The maximum absolute atomic E-state index is 12.3. The first-order valence-electron chi connectivity index (χ1n) is 9.48. The molecule has 29 heavy (non-hydrogen) atoms. The van der Waals surface area contributed by atoms with Crippen LogP contribution in [-0.2, 0) is 32.7 Å². The molecule has 0 radical (unpaired) electrons. The molecule has 1 aliphatic rings. The van der Waals surface area contributed by atoms with Crippen molar-refractivity contribution in [1.82, 2.24) is 10.2 Å². The summed E-state index contributed by atoms with van der Waals surface area (Å²) in [6.07, 6.45) is 2.62. The first-order valence-corrected chi connectivity index (χ1v) is 11.3. The second-order valence-electron chi connectivity index (χ2n) is 7.12. The number of carbonyl (C=O) groups excluding carboxylic acids is 2. The summed E-state index contributed by atoms with van der Waals surface area (Å²) < 4.78 is 25.2. The van der Waals surface area contributed by atoms with E-state index < -0.39 is 10.0 Å². The molecule has 154 valence electrons. The lowest BCUT2D eigenvalue weighted by atomic mass is 10.1. The number of amides is 2. The Labute approximate surface area is 171 Å². The van der Waals surface area contributed by atoms with Crippen molar-refractivity contribution < 1.29 is 18.0 Å². The van der Waals surface area contributed by atoms with E-state index in [0.29, 0.717) is 25.2 Å². The molecule has 0 saturated carbocycles. The Morgan fingerprint density at radius 2 is 1.72 bits per heavy atom. The summed E-state index contributed by atoms with van der Waals surface area (Å²) in [5, 5.41) is 2.76. The topological polar surface area (TPSA) is 86.8 Å². The van der Waals surface area contributed by atoms with E-state index in [0.717, 1.165) is 34.7 Å². The maximum Gasteiger partial charge on any atom is 0.241 e. The summed E-state index contributed by atoms with van der Waals surface area (Å²) in [4.78, 5) is 25.9. The highest BCUT2D eigenvalue weighted by Gasteiger charge is 2.21. The third-order valence-corrected chi connectivity index (χ3v) is 5.93. The number of sulfonamides is 1. The van der Waals surface area contributed by atoms with Crippen LogP contribution < -0.4 is 9.62 Å². The molecule has 2 aromatic carbocycles. The van der Waals surface area contributed by atoms with Crippen molar-refractivity contribution in [3.63, 3.8) is 0 Å². The summed E-state index contributed by atoms with van der Waals surface area (Å²) in [6.45, 7) is 1.42. The van der Waals surface area contributed by atoms with E-state index >= 15 is 0 Å². The van der Waals surface area contributed by atoms with Gasteiger partial charge in [0.25, 0.3) is 0 Å². The molecule has 8 heteroatoms. The van der Waals surface area contributed by atoms with Crippen LogP contribution in [0.5, 0.6) is 0 Å². The van der Waals surface area contributed by atoms with Gasteiger partial charge < -0.3 is 10.2 Å². The van der Waals surface area contributed by atoms with Crippen molar-refractivity contribution in [1.29, 1.82) is 0 Å². The number of nitrogens with zero attached hydrogens (tertiary/aromatic N) is 2. The van der Waals surface area contributed by atoms with Gasteiger partial charge in [0.15, 0.2) is 0 Å². The quantitative estimate of drug-likeness (QED) is 0.713. The second-order valence-corrected chi connectivity index (χ2v) is 9.02. The molecular weight excluding hydrogens is 390 g/mol. The molecular formula is C21H25N3O4S. The molecule has 1 N–H and O–H groups in total. The van der Waals surface area contributed by atoms with Crippen LogP contribution in [0.25, 0.3) is 0 Å². The van der Waals surface area contributed by atoms with Crippen molar-refractivity contribution in [3.8, 4) is 0 Å². The molecule has 3 rings (SSSR count). The SMILES string of the molecule is CS(=O)(=O)N(CC(=O)NCc1ccc(CN2CCCC2=O)cc1)c1ccccc1. The number of hydrogen-bond donors (Lipinski definition) is 1. The number of para-hydroxylation sites is 1. The Bertz CT molecular complexity index is 959. The lowest BCUT2D eigenvalue weighted by Gasteiger charge is -2.21. The van der Waals surface area contributed by atoms with Crippen LogP contribution in [0.1, 0.15) is 24.0 Å². The van der Waals surface area contributed by atoms with Gasteiger partial charge in [0.1, 0.15) is 6.54 Å². The van der Waals surface area contributed by atoms with E-state index in [4.69, 9.17) is 0 Å². The van der Waals surface area contributed by atoms with Crippen molar-refractivity contribution in [2.75, 3.05) is 23.7 Å². The number of benzene rings is 2. The minimum Gasteiger partial charge on any atom is -0.350 e. The summed E-state index contributed by atoms with van der Waals surface area (Å²) in [7, 11) is -3.58. The van der Waals surface area contributed by atoms with E-state index in [1.807, 2.05) is 29.2 Å². The molecule has 2 amide bonds. The average Bonchev–Trinajstić information content (AvgIpc) is 3.10. The highest BCUT2D eigenvalue weighted by Crippen LogP contribution is 2.17. The number of likely N-dealkylation sites (tertiary alicyclic amines) is 1. The molecule has 1 heterocycles. The molecule has 0 bridgehead atoms. The van der Waals surface area contributed by atoms with E-state index in [2.05, 4.69) is 5.32 Å². The average molecular weight is 416 g/mol. The summed E-state index contributed by atoms with van der Waals surface area (Å²) in [5.41, 5.74) is 2.40. The van der Waals surface area contributed by atoms with Crippen LogP contribution >= 0.6 is 0 Å². The molecule has 0 aromatic heterocycles. The van der Waals surface area contributed by atoms with E-state index in [-0.39, 0.29) is 18.4 Å². The Balaban J connectivity index is 1.55. The number of nitrogens with one attached hydrogen (secondary N) is 1. The molecule has 0 atom stereocenters. The van der Waals surface area contributed by atoms with Gasteiger partial charge in [-0.15, -0.1) is 0 Å². The van der Waals surface area contributed by atoms with Gasteiger partial charge in [0.05, 0.1) is 11.9 Å². The lowest BCUT2D eigenvalue weighted by molar-refractivity contribution is -0.128. The van der Waals surface area contributed by atoms with Gasteiger partial charge in [-0.05, 0) is 29.7 Å². The second kappa shape index (κ2) is 9.09. The summed E-state index contributed by atoms with van der Waals surface area (Å²) in [6, 6.07) is 16.2. The van der Waals surface area contributed by atoms with Crippen molar-refractivity contribution in [3.05, 3.63) is 65.7 Å². The minimum atomic E-state index is -3.58. The molecule has 0 unspecified atom stereocenters. The van der Waals surface area contributed by atoms with Crippen LogP contribution in [-0.4, -0.2) is 44.5 Å². The Morgan fingerprint density at radius 3 is 2.31 bits per heavy atom. The highest BCUT2D eigenvalue weighted by molar-refractivity contribution is 7.92. The van der Waals surface area contributed by atoms with Crippen LogP contribution in [0.4, 0.5) is 5.69 Å². The number of rotatable bonds is 8. The predicted molar refractivity (Wildman–Crippen MR) is 112 cm³/mol. The normalized spacial score (nSPS) is 14.1. The highest BCUT2D eigenvalue weighted by atomic mass is 32.2. The first kappa shape index (κ1) is 20.9. The summed E-state index contributed by atoms with van der Waals surface area (Å²) >= 11 is 0. The molecule has 2 aromatic rings. The molecule has 0 spiro atoms. The smallest absolute Gasteiger partial charge is 0.241 e. The van der Waals surface area contributed by atoms with Crippen molar-refractivity contribution in [2.45, 2.75) is 25.9 Å². The standard InChI is InChI=1S/C21H25N3O4S/c1-29(27,28)24(19-6-3-2-4-7-19)16-20(25)22-14-17-9-11-18(12-10-17)15-23-13-5-8-21(23)26/h2-4,6-7,9-12H,5,8,13-16H2,1H3,(H,22,25). The maximum atomic E-state index is 12.3. The first-order chi connectivity index (χ1) is 13.8. The Kier molecular flexibility index (Phi) is 6.53. The third-order valence-electron chi connectivity index (χ3n) is 4.79. The van der Waals surface area contributed by atoms with E-state index in [1.165, 1.54) is 0 Å². The van der Waals surface area contributed by atoms with Crippen molar-refractivity contribution in [2.24, 2.45) is 0 Å². The fraction of sp³-hybridized carbons (Fsp3) is 0.333. The van der Waals surface area contributed by atoms with Gasteiger partial charge in [0.2, 0.25) is 21.8 Å². The van der Waals surface area contributed by atoms with Gasteiger partial charge >= 0.3 is 0 Å². The van der Waals surface area contributed by atoms with Gasteiger partial charge in [-0.3, -0.25) is 13.9 Å². The van der Waals surface area contributed by atoms with Crippen LogP contribution in [0, 0.1) is 0 Å². The molecule has 1 aliphatic heterocycles. The fourth-order valence-corrected chi connectivity index (χ4v) is 4.09. The fourth-order valence-electron chi connectivity index (χ4n) is 3.24. The van der Waals surface area contributed by atoms with Gasteiger partial charge in [-0.25, -0.2) is 8.42 Å². The van der Waals surface area contributed by atoms with Gasteiger partial charge in [-0.1, -0.05) is 42.5 Å². The zero-order valence-corrected chi connectivity index (χ0v) is 17.2. The lowest BCUT2D eigenvalue weighted by Crippen LogP contribution is -2.40. The molecule has 1 saturated heterocycles. The van der Waals surface area contributed by atoms with E-state index in [1.54, 1.807) is 30.3 Å². The Morgan fingerprint density at radius 1 is 1.07 bits per heavy atom. The zero-order chi connectivity index (χ0) is 20.9. The zero-order valence-electron chi connectivity index (χ0n) is 16.4. The largest absolute Gasteiger partial charge is 0.350 e. The van der Waals surface area contributed by atoms with E-state index in [9.17, 15) is 18.0 Å². The Hall–Kier alpha value is -2.87. The van der Waals surface area contributed by atoms with Gasteiger partial charge in [0, 0.05) is 26.1 Å². The number of anilines is 1. The molecule has 0 aliphatic carbocycles. The number of carbonyl (C=O) groups is 2. The summed E-state index contributed by atoms with van der Waals surface area (Å²) in [5.74, 6) is -0.193. The minimum absolute atomic E-state index is 0.190. The van der Waals surface area contributed by atoms with Crippen LogP contribution in [0.15, 0.2) is 54.6 Å². The molecule has 1 fully saturated rings. The van der Waals surface area contributed by atoms with Crippen LogP contribution in [0.3, 0.4) is 0 Å². The molecule has 7 nitrogen and oxygen atoms in total. The monoisotopic (exact) mass is 415 g/mol. The number of hydrogen-bond acceptors (Lipinski definition) is 4. The van der Waals surface area contributed by atoms with Gasteiger partial charge in [-0.2, -0.15) is 0 Å².